The summed E-state index contributed by atoms with van der Waals surface area (Å²) in [5, 5.41) is 0. The fraction of sp³-hybridized carbons (Fsp3) is 0.379. The summed E-state index contributed by atoms with van der Waals surface area (Å²) in [4.78, 5) is 2.59. The summed E-state index contributed by atoms with van der Waals surface area (Å²) in [6, 6.07) is 50.3. The van der Waals surface area contributed by atoms with Gasteiger partial charge in [0, 0.05) is 27.8 Å². The summed E-state index contributed by atoms with van der Waals surface area (Å²) in [5.74, 6) is 5.00. The molecule has 6 aromatic carbocycles. The van der Waals surface area contributed by atoms with Crippen molar-refractivity contribution in [1.29, 1.82) is 0 Å². The van der Waals surface area contributed by atoms with E-state index in [9.17, 15) is 0 Å². The molecule has 0 radical (unpaired) electrons. The molecule has 6 saturated carbocycles. The van der Waals surface area contributed by atoms with Crippen molar-refractivity contribution >= 4 is 17.1 Å². The first-order valence-electron chi connectivity index (χ1n) is 23.7. The molecule has 8 aliphatic rings. The lowest BCUT2D eigenvalue weighted by atomic mass is 9.43. The number of hydrogen-bond donors (Lipinski definition) is 0. The van der Waals surface area contributed by atoms with Crippen molar-refractivity contribution < 1.29 is 4.39 Å². The van der Waals surface area contributed by atoms with Gasteiger partial charge in [0.25, 0.3) is 0 Å². The third kappa shape index (κ3) is 4.80. The van der Waals surface area contributed by atoms with Crippen LogP contribution < -0.4 is 4.90 Å². The molecule has 0 aromatic heterocycles. The van der Waals surface area contributed by atoms with E-state index >= 15 is 4.39 Å². The maximum atomic E-state index is 15.6. The molecule has 0 N–H and O–H groups in total. The maximum absolute atomic E-state index is 15.6. The number of anilines is 3. The van der Waals surface area contributed by atoms with Crippen molar-refractivity contribution in [3.8, 4) is 33.4 Å². The molecule has 6 fully saturated rings. The third-order valence-electron chi connectivity index (χ3n) is 18.0. The zero-order chi connectivity index (χ0) is 39.7. The Hall–Kier alpha value is -4.95. The van der Waals surface area contributed by atoms with E-state index in [4.69, 9.17) is 0 Å². The molecule has 4 atom stereocenters. The van der Waals surface area contributed by atoms with Gasteiger partial charge in [0.15, 0.2) is 0 Å². The van der Waals surface area contributed by atoms with Crippen LogP contribution in [0.3, 0.4) is 0 Å². The molecular formula is C58H56FN. The predicted octanol–water partition coefficient (Wildman–Crippen LogP) is 15.6. The largest absolute Gasteiger partial charge is 0.310 e. The van der Waals surface area contributed by atoms with Crippen LogP contribution >= 0.6 is 0 Å². The summed E-state index contributed by atoms with van der Waals surface area (Å²) in [5.41, 5.74) is 17.5. The van der Waals surface area contributed by atoms with Crippen LogP contribution in [0.5, 0.6) is 0 Å². The van der Waals surface area contributed by atoms with E-state index in [1.54, 1.807) is 17.2 Å². The molecule has 300 valence electrons. The highest BCUT2D eigenvalue weighted by Gasteiger charge is 2.62. The van der Waals surface area contributed by atoms with E-state index in [-0.39, 0.29) is 16.6 Å². The van der Waals surface area contributed by atoms with Crippen molar-refractivity contribution in [1.82, 2.24) is 0 Å². The molecule has 6 aromatic rings. The van der Waals surface area contributed by atoms with Gasteiger partial charge in [-0.25, -0.2) is 4.39 Å². The lowest BCUT2D eigenvalue weighted by Crippen LogP contribution is -2.55. The fourth-order valence-electron chi connectivity index (χ4n) is 16.0. The normalized spacial score (nSPS) is 31.1. The highest BCUT2D eigenvalue weighted by molar-refractivity contribution is 5.97. The van der Waals surface area contributed by atoms with Crippen LogP contribution in [0.1, 0.15) is 106 Å². The van der Waals surface area contributed by atoms with Crippen LogP contribution in [0.15, 0.2) is 133 Å². The van der Waals surface area contributed by atoms with Crippen LogP contribution in [-0.4, -0.2) is 0 Å². The number of hydrogen-bond acceptors (Lipinski definition) is 1. The second kappa shape index (κ2) is 13.3. The number of fused-ring (bicyclic) bond motifs is 6. The van der Waals surface area contributed by atoms with Gasteiger partial charge in [-0.05, 0) is 192 Å². The molecule has 8 aliphatic carbocycles. The van der Waals surface area contributed by atoms with Crippen LogP contribution in [0.4, 0.5) is 21.5 Å². The molecule has 4 unspecified atom stereocenters. The van der Waals surface area contributed by atoms with Crippen molar-refractivity contribution in [2.75, 3.05) is 4.90 Å². The van der Waals surface area contributed by atoms with Gasteiger partial charge in [0.1, 0.15) is 5.82 Å². The van der Waals surface area contributed by atoms with Crippen LogP contribution in [0.25, 0.3) is 33.4 Å². The number of nitrogens with zero attached hydrogens (tertiary/aromatic N) is 1. The lowest BCUT2D eigenvalue weighted by Gasteiger charge is -2.61. The van der Waals surface area contributed by atoms with Gasteiger partial charge < -0.3 is 4.90 Å². The average Bonchev–Trinajstić information content (AvgIpc) is 3.71. The third-order valence-corrected chi connectivity index (χ3v) is 18.0. The summed E-state index contributed by atoms with van der Waals surface area (Å²) < 4.78 is 15.6. The molecule has 2 heteroatoms. The van der Waals surface area contributed by atoms with Gasteiger partial charge >= 0.3 is 0 Å². The Balaban J connectivity index is 1.03. The topological polar surface area (TPSA) is 3.24 Å². The molecule has 0 aliphatic heterocycles. The van der Waals surface area contributed by atoms with Crippen LogP contribution in [0.2, 0.25) is 0 Å². The SMILES string of the molecule is CCC1CCC2CCCC(C1)C21c2ccc(N(c3ccc(-c4ccccc4)cc3)c3cccc4c3-c3ccccc3C43C4CC5CC(C4)CC3C5)cc2-c2ccc(F)cc21. The zero-order valence-electron chi connectivity index (χ0n) is 35.1. The van der Waals surface area contributed by atoms with Gasteiger partial charge in [-0.15, -0.1) is 0 Å². The van der Waals surface area contributed by atoms with Crippen molar-refractivity contribution in [3.05, 3.63) is 162 Å². The summed E-state index contributed by atoms with van der Waals surface area (Å²) in [7, 11) is 0. The Bertz CT molecular complexity index is 2630. The Morgan fingerprint density at radius 1 is 0.500 bits per heavy atom. The van der Waals surface area contributed by atoms with Gasteiger partial charge in [0.2, 0.25) is 0 Å². The molecule has 14 rings (SSSR count). The quantitative estimate of drug-likeness (QED) is 0.168. The first-order chi connectivity index (χ1) is 29.5. The van der Waals surface area contributed by atoms with Crippen LogP contribution in [-0.2, 0) is 10.8 Å². The molecule has 1 nitrogen and oxygen atoms in total. The van der Waals surface area contributed by atoms with Gasteiger partial charge in [-0.1, -0.05) is 117 Å². The van der Waals surface area contributed by atoms with E-state index in [2.05, 4.69) is 133 Å². The van der Waals surface area contributed by atoms with Gasteiger partial charge in [-0.2, -0.15) is 0 Å². The monoisotopic (exact) mass is 785 g/mol. The van der Waals surface area contributed by atoms with E-state index in [1.807, 2.05) is 6.07 Å². The van der Waals surface area contributed by atoms with Crippen molar-refractivity contribution in [2.45, 2.75) is 94.8 Å². The number of rotatable bonds is 5. The minimum atomic E-state index is -0.117. The van der Waals surface area contributed by atoms with E-state index in [0.29, 0.717) is 23.7 Å². The van der Waals surface area contributed by atoms with Crippen LogP contribution in [0, 0.1) is 47.2 Å². The Labute approximate surface area is 356 Å². The minimum absolute atomic E-state index is 0.0899. The fourth-order valence-corrected chi connectivity index (χ4v) is 16.0. The highest BCUT2D eigenvalue weighted by Crippen LogP contribution is 2.71. The first kappa shape index (κ1) is 35.8. The number of benzene rings is 6. The summed E-state index contributed by atoms with van der Waals surface area (Å²) >= 11 is 0. The van der Waals surface area contributed by atoms with E-state index in [1.165, 1.54) is 139 Å². The second-order valence-corrected chi connectivity index (χ2v) is 20.4. The molecule has 0 saturated heterocycles. The minimum Gasteiger partial charge on any atom is -0.310 e. The highest BCUT2D eigenvalue weighted by atomic mass is 19.1. The first-order valence-corrected chi connectivity index (χ1v) is 23.7. The van der Waals surface area contributed by atoms with Crippen molar-refractivity contribution in [3.63, 3.8) is 0 Å². The molecule has 0 amide bonds. The van der Waals surface area contributed by atoms with E-state index < -0.39 is 0 Å². The predicted molar refractivity (Wildman–Crippen MR) is 244 cm³/mol. The Kier molecular flexibility index (Phi) is 7.91. The van der Waals surface area contributed by atoms with Gasteiger partial charge in [-0.3, -0.25) is 0 Å². The molecule has 60 heavy (non-hydrogen) atoms. The zero-order valence-corrected chi connectivity index (χ0v) is 35.1. The van der Waals surface area contributed by atoms with Crippen molar-refractivity contribution in [2.24, 2.45) is 41.4 Å². The standard InChI is InChI=1S/C58H56FN/c1-2-36-18-21-41-12-8-13-42(29-36)57(41)52-27-25-47(35-50(52)48-26-22-45(59)34-54(48)57)60(46-23-19-40(20-24-46)39-10-4-3-5-11-39)55-17-9-16-53-56(55)49-14-6-7-15-51(49)58(53)43-30-37-28-38(32-43)33-44(58)31-37/h3-7,9-11,14-17,19-20,22-27,34-38,41-44H,2,8,12-13,18,21,28-33H2,1H3. The second-order valence-electron chi connectivity index (χ2n) is 20.4. The maximum Gasteiger partial charge on any atom is 0.123 e. The molecule has 2 spiro atoms. The summed E-state index contributed by atoms with van der Waals surface area (Å²) in [6.45, 7) is 2.39. The molecular weight excluding hydrogens is 730 g/mol. The molecule has 0 heterocycles. The Morgan fingerprint density at radius 2 is 1.18 bits per heavy atom. The number of halogens is 1. The Morgan fingerprint density at radius 3 is 1.98 bits per heavy atom. The lowest BCUT2D eigenvalue weighted by molar-refractivity contribution is -0.0399. The summed E-state index contributed by atoms with van der Waals surface area (Å²) in [6.07, 6.45) is 15.8. The smallest absolute Gasteiger partial charge is 0.123 e. The van der Waals surface area contributed by atoms with E-state index in [0.717, 1.165) is 17.8 Å². The molecule has 6 bridgehead atoms. The average molecular weight is 786 g/mol. The van der Waals surface area contributed by atoms with Gasteiger partial charge in [0.05, 0.1) is 5.69 Å².